The maximum atomic E-state index is 11.6. The van der Waals surface area contributed by atoms with Crippen LogP contribution in [0.5, 0.6) is 0 Å². The van der Waals surface area contributed by atoms with Crippen LogP contribution in [0.1, 0.15) is 17.3 Å². The number of nitrogens with zero attached hydrogens (tertiary/aromatic N) is 3. The first-order valence-electron chi connectivity index (χ1n) is 6.81. The van der Waals surface area contributed by atoms with Gasteiger partial charge in [0, 0.05) is 12.2 Å². The van der Waals surface area contributed by atoms with E-state index in [0.29, 0.717) is 30.5 Å². The van der Waals surface area contributed by atoms with Crippen molar-refractivity contribution in [3.8, 4) is 0 Å². The minimum Gasteiger partial charge on any atom is -0.462 e. The second-order valence-electron chi connectivity index (χ2n) is 4.26. The fourth-order valence-electron chi connectivity index (χ4n) is 1.65. The van der Waals surface area contributed by atoms with Gasteiger partial charge in [0.05, 0.1) is 18.4 Å². The van der Waals surface area contributed by atoms with Gasteiger partial charge in [-0.1, -0.05) is 6.08 Å². The third-order valence-electron chi connectivity index (χ3n) is 2.64. The Morgan fingerprint density at radius 2 is 2.14 bits per heavy atom. The molecule has 7 nitrogen and oxygen atoms in total. The van der Waals surface area contributed by atoms with Crippen molar-refractivity contribution >= 4 is 23.4 Å². The van der Waals surface area contributed by atoms with Crippen molar-refractivity contribution in [2.45, 2.75) is 6.92 Å². The number of ether oxygens (including phenoxy) is 1. The smallest absolute Gasteiger partial charge is 0.338 e. The zero-order chi connectivity index (χ0) is 15.8. The molecule has 0 amide bonds. The monoisotopic (exact) mass is 299 g/mol. The van der Waals surface area contributed by atoms with Gasteiger partial charge in [-0.05, 0) is 31.2 Å². The van der Waals surface area contributed by atoms with Crippen LogP contribution >= 0.6 is 0 Å². The fraction of sp³-hybridized carbons (Fsp3) is 0.200. The van der Waals surface area contributed by atoms with Gasteiger partial charge in [-0.2, -0.15) is 10.1 Å². The summed E-state index contributed by atoms with van der Waals surface area (Å²) < 4.78 is 4.93. The maximum Gasteiger partial charge on any atom is 0.338 e. The normalized spacial score (nSPS) is 9.86. The molecule has 114 valence electrons. The molecule has 0 unspecified atom stereocenters. The van der Waals surface area contributed by atoms with Gasteiger partial charge < -0.3 is 15.4 Å². The van der Waals surface area contributed by atoms with Crippen molar-refractivity contribution < 1.29 is 9.53 Å². The number of rotatable bonds is 7. The summed E-state index contributed by atoms with van der Waals surface area (Å²) in [4.78, 5) is 15.8. The van der Waals surface area contributed by atoms with Gasteiger partial charge >= 0.3 is 5.97 Å². The molecule has 2 aromatic rings. The largest absolute Gasteiger partial charge is 0.462 e. The fourth-order valence-corrected chi connectivity index (χ4v) is 1.65. The Bertz CT molecular complexity index is 643. The molecule has 0 aliphatic carbocycles. The zero-order valence-corrected chi connectivity index (χ0v) is 12.2. The molecule has 0 saturated carbocycles. The van der Waals surface area contributed by atoms with Crippen molar-refractivity contribution in [2.24, 2.45) is 0 Å². The van der Waals surface area contributed by atoms with Crippen molar-refractivity contribution in [2.75, 3.05) is 23.8 Å². The highest BCUT2D eigenvalue weighted by atomic mass is 16.5. The summed E-state index contributed by atoms with van der Waals surface area (Å²) in [5.74, 6) is 0.612. The lowest BCUT2D eigenvalue weighted by Crippen LogP contribution is -2.06. The maximum absolute atomic E-state index is 11.6. The lowest BCUT2D eigenvalue weighted by atomic mass is 10.2. The number of hydrogen-bond donors (Lipinski definition) is 2. The molecule has 2 rings (SSSR count). The van der Waals surface area contributed by atoms with E-state index in [1.54, 1.807) is 37.3 Å². The van der Waals surface area contributed by atoms with Crippen LogP contribution in [0.4, 0.5) is 17.5 Å². The number of esters is 1. The number of benzene rings is 1. The van der Waals surface area contributed by atoms with Gasteiger partial charge in [0.1, 0.15) is 0 Å². The number of carbonyl (C=O) groups is 1. The second-order valence-corrected chi connectivity index (χ2v) is 4.26. The number of hydrogen-bond acceptors (Lipinski definition) is 7. The Kier molecular flexibility index (Phi) is 5.42. The van der Waals surface area contributed by atoms with Gasteiger partial charge in [-0.15, -0.1) is 11.7 Å². The number of anilines is 3. The molecule has 0 atom stereocenters. The number of carbonyl (C=O) groups excluding carboxylic acids is 1. The molecule has 2 N–H and O–H groups in total. The Morgan fingerprint density at radius 1 is 1.36 bits per heavy atom. The van der Waals surface area contributed by atoms with Crippen LogP contribution in [-0.4, -0.2) is 34.3 Å². The van der Waals surface area contributed by atoms with Crippen LogP contribution in [0.15, 0.2) is 43.1 Å². The highest BCUT2D eigenvalue weighted by Crippen LogP contribution is 2.15. The van der Waals surface area contributed by atoms with E-state index in [4.69, 9.17) is 4.74 Å². The summed E-state index contributed by atoms with van der Waals surface area (Å²) in [6.45, 7) is 6.33. The average Bonchev–Trinajstić information content (AvgIpc) is 2.54. The number of nitrogens with one attached hydrogen (secondary N) is 2. The van der Waals surface area contributed by atoms with Gasteiger partial charge in [0.2, 0.25) is 5.95 Å². The molecular formula is C15H17N5O2. The van der Waals surface area contributed by atoms with Gasteiger partial charge in [0.25, 0.3) is 0 Å². The highest BCUT2D eigenvalue weighted by molar-refractivity contribution is 5.89. The van der Waals surface area contributed by atoms with Gasteiger partial charge in [-0.25, -0.2) is 4.79 Å². The van der Waals surface area contributed by atoms with E-state index >= 15 is 0 Å². The Balaban J connectivity index is 2.04. The summed E-state index contributed by atoms with van der Waals surface area (Å²) in [5.41, 5.74) is 1.24. The van der Waals surface area contributed by atoms with E-state index in [0.717, 1.165) is 5.69 Å². The summed E-state index contributed by atoms with van der Waals surface area (Å²) in [6, 6.07) is 6.85. The lowest BCUT2D eigenvalue weighted by Gasteiger charge is -2.07. The van der Waals surface area contributed by atoms with Crippen LogP contribution in [0.3, 0.4) is 0 Å². The van der Waals surface area contributed by atoms with E-state index in [9.17, 15) is 4.79 Å². The third kappa shape index (κ3) is 4.27. The molecule has 1 heterocycles. The topological polar surface area (TPSA) is 89.0 Å². The van der Waals surface area contributed by atoms with Crippen molar-refractivity contribution in [3.63, 3.8) is 0 Å². The van der Waals surface area contributed by atoms with Crippen LogP contribution < -0.4 is 10.6 Å². The average molecular weight is 299 g/mol. The van der Waals surface area contributed by atoms with E-state index < -0.39 is 0 Å². The van der Waals surface area contributed by atoms with Crippen LogP contribution in [0.2, 0.25) is 0 Å². The molecule has 22 heavy (non-hydrogen) atoms. The Hall–Kier alpha value is -2.96. The predicted octanol–water partition coefficient (Wildman–Crippen LogP) is 2.39. The first kappa shape index (κ1) is 15.4. The molecule has 0 aliphatic rings. The molecule has 1 aromatic heterocycles. The molecular weight excluding hydrogens is 282 g/mol. The molecule has 0 fully saturated rings. The van der Waals surface area contributed by atoms with Crippen molar-refractivity contribution in [1.29, 1.82) is 0 Å². The number of aromatic nitrogens is 3. The molecule has 1 aromatic carbocycles. The molecule has 0 spiro atoms. The van der Waals surface area contributed by atoms with Crippen LogP contribution in [-0.2, 0) is 4.74 Å². The molecule has 7 heteroatoms. The molecule has 0 bridgehead atoms. The van der Waals surface area contributed by atoms with Crippen LogP contribution in [0, 0.1) is 0 Å². The first-order valence-corrected chi connectivity index (χ1v) is 6.81. The van der Waals surface area contributed by atoms with Gasteiger partial charge in [-0.3, -0.25) is 0 Å². The SMILES string of the molecule is C=CCNc1cnnc(Nc2ccc(C(=O)OCC)cc2)n1. The zero-order valence-electron chi connectivity index (χ0n) is 12.2. The molecule has 0 radical (unpaired) electrons. The standard InChI is InChI=1S/C15H17N5O2/c1-3-9-16-13-10-17-20-15(19-13)18-12-7-5-11(6-8-12)14(21)22-4-2/h3,5-8,10H,1,4,9H2,2H3,(H2,16,18,19,20). The predicted molar refractivity (Wildman–Crippen MR) is 84.2 cm³/mol. The minimum absolute atomic E-state index is 0.345. The van der Waals surface area contributed by atoms with Crippen molar-refractivity contribution in [1.82, 2.24) is 15.2 Å². The third-order valence-corrected chi connectivity index (χ3v) is 2.64. The van der Waals surface area contributed by atoms with E-state index in [-0.39, 0.29) is 5.97 Å². The first-order chi connectivity index (χ1) is 10.7. The second kappa shape index (κ2) is 7.72. The molecule has 0 aliphatic heterocycles. The lowest BCUT2D eigenvalue weighted by molar-refractivity contribution is 0.0526. The minimum atomic E-state index is -0.345. The summed E-state index contributed by atoms with van der Waals surface area (Å²) in [6.07, 6.45) is 3.25. The summed E-state index contributed by atoms with van der Waals surface area (Å²) in [5, 5.41) is 13.8. The Morgan fingerprint density at radius 3 is 2.82 bits per heavy atom. The van der Waals surface area contributed by atoms with E-state index in [1.165, 1.54) is 6.20 Å². The molecule has 0 saturated heterocycles. The van der Waals surface area contributed by atoms with Crippen molar-refractivity contribution in [3.05, 3.63) is 48.7 Å². The summed E-state index contributed by atoms with van der Waals surface area (Å²) >= 11 is 0. The summed E-state index contributed by atoms with van der Waals surface area (Å²) in [7, 11) is 0. The highest BCUT2D eigenvalue weighted by Gasteiger charge is 2.06. The van der Waals surface area contributed by atoms with E-state index in [2.05, 4.69) is 32.4 Å². The Labute approximate surface area is 128 Å². The quantitative estimate of drug-likeness (QED) is 0.599. The van der Waals surface area contributed by atoms with Gasteiger partial charge in [0.15, 0.2) is 5.82 Å². The van der Waals surface area contributed by atoms with E-state index in [1.807, 2.05) is 0 Å². The van der Waals surface area contributed by atoms with Crippen LogP contribution in [0.25, 0.3) is 0 Å².